The zero-order valence-corrected chi connectivity index (χ0v) is 13.5. The fourth-order valence-electron chi connectivity index (χ4n) is 2.53. The lowest BCUT2D eigenvalue weighted by Gasteiger charge is -2.23. The first-order valence-corrected chi connectivity index (χ1v) is 7.43. The predicted octanol–water partition coefficient (Wildman–Crippen LogP) is 2.63. The van der Waals surface area contributed by atoms with E-state index in [0.29, 0.717) is 16.3 Å². The van der Waals surface area contributed by atoms with Gasteiger partial charge < -0.3 is 10.6 Å². The average Bonchev–Trinajstić information content (AvgIpc) is 2.98. The summed E-state index contributed by atoms with van der Waals surface area (Å²) in [6.45, 7) is 1.84. The van der Waals surface area contributed by atoms with Gasteiger partial charge in [0.15, 0.2) is 0 Å². The van der Waals surface area contributed by atoms with Crippen LogP contribution >= 0.6 is 24.0 Å². The van der Waals surface area contributed by atoms with Crippen molar-refractivity contribution < 1.29 is 4.79 Å². The van der Waals surface area contributed by atoms with E-state index >= 15 is 0 Å². The summed E-state index contributed by atoms with van der Waals surface area (Å²) in [5.74, 6) is -0.0950. The van der Waals surface area contributed by atoms with Crippen LogP contribution in [-0.2, 0) is 0 Å². The molecular formula is C15H18Cl2N4O. The molecule has 0 bridgehead atoms. The van der Waals surface area contributed by atoms with Crippen molar-refractivity contribution in [2.24, 2.45) is 0 Å². The van der Waals surface area contributed by atoms with Crippen LogP contribution in [0.4, 0.5) is 0 Å². The molecule has 2 aromatic rings. The molecule has 1 fully saturated rings. The fraction of sp³-hybridized carbons (Fsp3) is 0.333. The molecule has 1 aliphatic rings. The number of carbonyl (C=O) groups excluding carboxylic acids is 1. The maximum atomic E-state index is 12.4. The molecule has 1 aromatic heterocycles. The van der Waals surface area contributed by atoms with E-state index in [-0.39, 0.29) is 24.4 Å². The topological polar surface area (TPSA) is 69.8 Å². The third-order valence-electron chi connectivity index (χ3n) is 3.65. The van der Waals surface area contributed by atoms with Gasteiger partial charge in [0.2, 0.25) is 0 Å². The number of rotatable bonds is 3. The summed E-state index contributed by atoms with van der Waals surface area (Å²) in [4.78, 5) is 12.4. The quantitative estimate of drug-likeness (QED) is 0.804. The van der Waals surface area contributed by atoms with Crippen LogP contribution in [0, 0.1) is 0 Å². The Labute approximate surface area is 140 Å². The number of halogens is 2. The normalized spacial score (nSPS) is 17.6. The number of carbonyl (C=O) groups is 1. The summed E-state index contributed by atoms with van der Waals surface area (Å²) in [6, 6.07) is 7.51. The van der Waals surface area contributed by atoms with Crippen molar-refractivity contribution in [2.45, 2.75) is 18.9 Å². The number of hydrogen-bond donors (Lipinski definition) is 3. The van der Waals surface area contributed by atoms with Crippen LogP contribution < -0.4 is 10.6 Å². The van der Waals surface area contributed by atoms with E-state index in [4.69, 9.17) is 11.6 Å². The first-order valence-electron chi connectivity index (χ1n) is 7.05. The second-order valence-electron chi connectivity index (χ2n) is 5.18. The van der Waals surface area contributed by atoms with Crippen LogP contribution in [0.2, 0.25) is 5.02 Å². The molecule has 0 spiro atoms. The number of nitrogens with zero attached hydrogens (tertiary/aromatic N) is 1. The number of H-pyrrole nitrogens is 1. The standard InChI is InChI=1S/C15H17ClN4O.ClH/c16-11-5-3-10(4-6-11)14-13(9-18-20-14)15(21)19-12-2-1-7-17-8-12;/h3-6,9,12,17H,1-2,7-8H2,(H,18,20)(H,19,21);1H/t12-;/m0./s1. The number of aromatic amines is 1. The zero-order chi connectivity index (χ0) is 14.7. The monoisotopic (exact) mass is 340 g/mol. The lowest BCUT2D eigenvalue weighted by Crippen LogP contribution is -2.45. The zero-order valence-electron chi connectivity index (χ0n) is 11.9. The molecule has 5 nitrogen and oxygen atoms in total. The summed E-state index contributed by atoms with van der Waals surface area (Å²) in [6.07, 6.45) is 3.66. The van der Waals surface area contributed by atoms with E-state index in [1.807, 2.05) is 12.1 Å². The highest BCUT2D eigenvalue weighted by atomic mass is 35.5. The fourth-order valence-corrected chi connectivity index (χ4v) is 2.66. The molecule has 3 rings (SSSR count). The van der Waals surface area contributed by atoms with Crippen molar-refractivity contribution in [3.8, 4) is 11.3 Å². The van der Waals surface area contributed by atoms with Crippen molar-refractivity contribution in [1.29, 1.82) is 0 Å². The molecule has 0 unspecified atom stereocenters. The van der Waals surface area contributed by atoms with Crippen molar-refractivity contribution in [2.75, 3.05) is 13.1 Å². The molecule has 22 heavy (non-hydrogen) atoms. The molecule has 1 aliphatic heterocycles. The Hall–Kier alpha value is -1.56. The van der Waals surface area contributed by atoms with Gasteiger partial charge in [-0.1, -0.05) is 23.7 Å². The van der Waals surface area contributed by atoms with E-state index in [1.54, 1.807) is 18.3 Å². The van der Waals surface area contributed by atoms with Gasteiger partial charge in [-0.15, -0.1) is 12.4 Å². The second kappa shape index (κ2) is 7.63. The maximum Gasteiger partial charge on any atom is 0.255 e. The molecule has 1 saturated heterocycles. The van der Waals surface area contributed by atoms with Gasteiger partial charge >= 0.3 is 0 Å². The summed E-state index contributed by atoms with van der Waals surface area (Å²) in [7, 11) is 0. The smallest absolute Gasteiger partial charge is 0.255 e. The highest BCUT2D eigenvalue weighted by Gasteiger charge is 2.20. The maximum absolute atomic E-state index is 12.4. The van der Waals surface area contributed by atoms with Gasteiger partial charge in [0.05, 0.1) is 17.5 Å². The van der Waals surface area contributed by atoms with E-state index in [2.05, 4.69) is 20.8 Å². The Kier molecular flexibility index (Phi) is 5.83. The van der Waals surface area contributed by atoms with Gasteiger partial charge in [-0.05, 0) is 31.5 Å². The van der Waals surface area contributed by atoms with Gasteiger partial charge in [0, 0.05) is 23.2 Å². The molecule has 0 saturated carbocycles. The molecule has 7 heteroatoms. The van der Waals surface area contributed by atoms with E-state index in [0.717, 1.165) is 31.5 Å². The lowest BCUT2D eigenvalue weighted by atomic mass is 10.1. The van der Waals surface area contributed by atoms with Gasteiger partial charge in [-0.2, -0.15) is 5.10 Å². The van der Waals surface area contributed by atoms with Crippen LogP contribution in [0.1, 0.15) is 23.2 Å². The van der Waals surface area contributed by atoms with E-state index < -0.39 is 0 Å². The first-order chi connectivity index (χ1) is 10.2. The molecule has 3 N–H and O–H groups in total. The van der Waals surface area contributed by atoms with Crippen LogP contribution in [-0.4, -0.2) is 35.2 Å². The first kappa shape index (κ1) is 16.8. The highest BCUT2D eigenvalue weighted by Crippen LogP contribution is 2.23. The largest absolute Gasteiger partial charge is 0.348 e. The van der Waals surface area contributed by atoms with Crippen LogP contribution in [0.5, 0.6) is 0 Å². The molecule has 1 aromatic carbocycles. The predicted molar refractivity (Wildman–Crippen MR) is 89.6 cm³/mol. The number of aromatic nitrogens is 2. The van der Waals surface area contributed by atoms with Crippen LogP contribution in [0.3, 0.4) is 0 Å². The van der Waals surface area contributed by atoms with Crippen LogP contribution in [0.15, 0.2) is 30.5 Å². The molecule has 0 aliphatic carbocycles. The van der Waals surface area contributed by atoms with Crippen molar-refractivity contribution in [3.05, 3.63) is 41.0 Å². The van der Waals surface area contributed by atoms with Gasteiger partial charge in [0.1, 0.15) is 0 Å². The summed E-state index contributed by atoms with van der Waals surface area (Å²) >= 11 is 5.89. The Morgan fingerprint density at radius 1 is 1.32 bits per heavy atom. The van der Waals surface area contributed by atoms with Gasteiger partial charge in [-0.25, -0.2) is 0 Å². The van der Waals surface area contributed by atoms with Crippen molar-refractivity contribution >= 4 is 29.9 Å². The summed E-state index contributed by atoms with van der Waals surface area (Å²) < 4.78 is 0. The lowest BCUT2D eigenvalue weighted by molar-refractivity contribution is 0.0931. The van der Waals surface area contributed by atoms with E-state index in [1.165, 1.54) is 0 Å². The summed E-state index contributed by atoms with van der Waals surface area (Å²) in [5.41, 5.74) is 2.17. The van der Waals surface area contributed by atoms with Crippen molar-refractivity contribution in [1.82, 2.24) is 20.8 Å². The number of nitrogens with one attached hydrogen (secondary N) is 3. The Bertz CT molecular complexity index is 621. The minimum atomic E-state index is -0.0950. The third kappa shape index (κ3) is 3.80. The highest BCUT2D eigenvalue weighted by molar-refractivity contribution is 6.30. The average molecular weight is 341 g/mol. The number of amides is 1. The SMILES string of the molecule is Cl.O=C(N[C@H]1CCCNC1)c1cn[nH]c1-c1ccc(Cl)cc1. The Morgan fingerprint density at radius 2 is 2.09 bits per heavy atom. The van der Waals surface area contributed by atoms with Crippen LogP contribution in [0.25, 0.3) is 11.3 Å². The second-order valence-corrected chi connectivity index (χ2v) is 5.62. The van der Waals surface area contributed by atoms with Gasteiger partial charge in [-0.3, -0.25) is 9.89 Å². The molecule has 0 radical (unpaired) electrons. The molecule has 1 amide bonds. The Balaban J connectivity index is 0.00000176. The number of benzene rings is 1. The minimum absolute atomic E-state index is 0. The summed E-state index contributed by atoms with van der Waals surface area (Å²) in [5, 5.41) is 13.9. The molecule has 118 valence electrons. The Morgan fingerprint density at radius 3 is 2.77 bits per heavy atom. The third-order valence-corrected chi connectivity index (χ3v) is 3.90. The van der Waals surface area contributed by atoms with Gasteiger partial charge in [0.25, 0.3) is 5.91 Å². The molecule has 2 heterocycles. The molecular weight excluding hydrogens is 323 g/mol. The number of piperidine rings is 1. The van der Waals surface area contributed by atoms with E-state index in [9.17, 15) is 4.79 Å². The van der Waals surface area contributed by atoms with Crippen molar-refractivity contribution in [3.63, 3.8) is 0 Å². The molecule has 1 atom stereocenters. The minimum Gasteiger partial charge on any atom is -0.348 e. The number of hydrogen-bond acceptors (Lipinski definition) is 3.